The summed E-state index contributed by atoms with van der Waals surface area (Å²) in [6.45, 7) is 5.88. The normalized spacial score (nSPS) is 12.5. The molecular weight excluding hydrogens is 188 g/mol. The molecule has 0 saturated carbocycles. The molecule has 76 valence electrons. The molecule has 0 heterocycles. The molecule has 5 heteroatoms. The van der Waals surface area contributed by atoms with E-state index < -0.39 is 6.09 Å². The fourth-order valence-corrected chi connectivity index (χ4v) is 1.12. The van der Waals surface area contributed by atoms with Gasteiger partial charge in [-0.2, -0.15) is 0 Å². The van der Waals surface area contributed by atoms with Gasteiger partial charge in [-0.3, -0.25) is 10.3 Å². The number of carbonyl (C=O) groups is 1. The summed E-state index contributed by atoms with van der Waals surface area (Å²) in [5.74, 6) is 0. The molecule has 0 saturated heterocycles. The second kappa shape index (κ2) is 5.11. The lowest BCUT2D eigenvalue weighted by molar-refractivity contribution is 0.177. The predicted octanol–water partition coefficient (Wildman–Crippen LogP) is 1.86. The number of carbonyl (C=O) groups excluding carboxylic acids is 1. The van der Waals surface area contributed by atoms with Gasteiger partial charge in [0.1, 0.15) is 0 Å². The van der Waals surface area contributed by atoms with Crippen LogP contribution < -0.4 is 5.32 Å². The van der Waals surface area contributed by atoms with Crippen LogP contribution in [0.25, 0.3) is 0 Å². The summed E-state index contributed by atoms with van der Waals surface area (Å²) in [5, 5.41) is 3.09. The van der Waals surface area contributed by atoms with Crippen LogP contribution in [0.2, 0.25) is 0 Å². The van der Waals surface area contributed by atoms with Gasteiger partial charge in [0.05, 0.1) is 12.6 Å². The number of amides is 1. The average molecular weight is 204 g/mol. The van der Waals surface area contributed by atoms with E-state index in [2.05, 4.69) is 15.0 Å². The van der Waals surface area contributed by atoms with Gasteiger partial charge in [0.2, 0.25) is 0 Å². The minimum absolute atomic E-state index is 0.195. The third-order valence-electron chi connectivity index (χ3n) is 1.02. The molecule has 0 aliphatic rings. The van der Waals surface area contributed by atoms with Crippen molar-refractivity contribution in [1.29, 1.82) is 0 Å². The van der Waals surface area contributed by atoms with Crippen molar-refractivity contribution in [3.8, 4) is 0 Å². The molecule has 0 atom stereocenters. The van der Waals surface area contributed by atoms with Crippen molar-refractivity contribution in [1.82, 2.24) is 5.32 Å². The maximum absolute atomic E-state index is 10.8. The van der Waals surface area contributed by atoms with Crippen LogP contribution in [0, 0.1) is 0 Å². The number of rotatable bonds is 0. The van der Waals surface area contributed by atoms with Crippen molar-refractivity contribution in [2.75, 3.05) is 13.4 Å². The van der Waals surface area contributed by atoms with Crippen molar-refractivity contribution in [3.63, 3.8) is 0 Å². The Morgan fingerprint density at radius 2 is 2.00 bits per heavy atom. The zero-order valence-corrected chi connectivity index (χ0v) is 9.49. The molecule has 0 spiro atoms. The third-order valence-corrected chi connectivity index (χ3v) is 1.60. The van der Waals surface area contributed by atoms with E-state index in [0.717, 1.165) is 0 Å². The number of hydrogen-bond acceptors (Lipinski definition) is 4. The van der Waals surface area contributed by atoms with E-state index in [4.69, 9.17) is 0 Å². The summed E-state index contributed by atoms with van der Waals surface area (Å²) in [4.78, 5) is 15.1. The molecule has 0 rings (SSSR count). The number of methoxy groups -OCH3 is 1. The lowest BCUT2D eigenvalue weighted by atomic mass is 10.1. The summed E-state index contributed by atoms with van der Waals surface area (Å²) >= 11 is 1.38. The summed E-state index contributed by atoms with van der Waals surface area (Å²) < 4.78 is 4.45. The molecule has 1 amide bonds. The number of amidine groups is 1. The Kier molecular flexibility index (Phi) is 4.83. The van der Waals surface area contributed by atoms with Gasteiger partial charge in [-0.05, 0) is 27.0 Å². The molecule has 13 heavy (non-hydrogen) atoms. The molecule has 4 nitrogen and oxygen atoms in total. The summed E-state index contributed by atoms with van der Waals surface area (Å²) in [5.41, 5.74) is -0.195. The van der Waals surface area contributed by atoms with Crippen LogP contribution in [0.1, 0.15) is 20.8 Å². The van der Waals surface area contributed by atoms with Crippen LogP contribution >= 0.6 is 11.8 Å². The first-order chi connectivity index (χ1) is 5.89. The lowest BCUT2D eigenvalue weighted by Crippen LogP contribution is -2.30. The number of nitrogens with one attached hydrogen (secondary N) is 1. The van der Waals surface area contributed by atoms with Crippen LogP contribution in [-0.4, -0.2) is 30.2 Å². The van der Waals surface area contributed by atoms with Crippen molar-refractivity contribution in [2.24, 2.45) is 4.99 Å². The predicted molar refractivity (Wildman–Crippen MR) is 56.2 cm³/mol. The molecule has 0 aliphatic heterocycles. The smallest absolute Gasteiger partial charge is 0.412 e. The van der Waals surface area contributed by atoms with Crippen LogP contribution in [0.4, 0.5) is 4.79 Å². The Hall–Kier alpha value is -0.710. The largest absolute Gasteiger partial charge is 0.453 e. The SMILES string of the molecule is COC(=O)NC(=NC(C)(C)C)SC. The minimum Gasteiger partial charge on any atom is -0.453 e. The van der Waals surface area contributed by atoms with Gasteiger partial charge in [-0.1, -0.05) is 11.8 Å². The zero-order valence-electron chi connectivity index (χ0n) is 8.67. The summed E-state index contributed by atoms with van der Waals surface area (Å²) in [7, 11) is 1.32. The Morgan fingerprint density at radius 3 is 2.31 bits per heavy atom. The molecule has 0 aliphatic carbocycles. The summed E-state index contributed by atoms with van der Waals surface area (Å²) in [6.07, 6.45) is 1.36. The van der Waals surface area contributed by atoms with Gasteiger partial charge in [-0.15, -0.1) is 0 Å². The van der Waals surface area contributed by atoms with Gasteiger partial charge in [0, 0.05) is 0 Å². The van der Waals surface area contributed by atoms with Crippen molar-refractivity contribution >= 4 is 23.0 Å². The molecule has 0 bridgehead atoms. The minimum atomic E-state index is -0.489. The van der Waals surface area contributed by atoms with Gasteiger partial charge < -0.3 is 4.74 Å². The molecule has 1 N–H and O–H groups in total. The number of ether oxygens (including phenoxy) is 1. The molecule has 0 aromatic rings. The fraction of sp³-hybridized carbons (Fsp3) is 0.750. The van der Waals surface area contributed by atoms with E-state index >= 15 is 0 Å². The van der Waals surface area contributed by atoms with Gasteiger partial charge in [0.15, 0.2) is 5.17 Å². The highest BCUT2D eigenvalue weighted by molar-refractivity contribution is 8.13. The number of hydrogen-bond donors (Lipinski definition) is 1. The second-order valence-electron chi connectivity index (χ2n) is 3.41. The first-order valence-corrected chi connectivity index (χ1v) is 5.10. The summed E-state index contributed by atoms with van der Waals surface area (Å²) in [6, 6.07) is 0. The highest BCUT2D eigenvalue weighted by atomic mass is 32.2. The van der Waals surface area contributed by atoms with Gasteiger partial charge in [-0.25, -0.2) is 4.79 Å². The average Bonchev–Trinajstić information content (AvgIpc) is 2.00. The molecular formula is C8H16N2O2S. The molecule has 0 unspecified atom stereocenters. The molecule has 0 aromatic heterocycles. The molecule has 0 fully saturated rings. The highest BCUT2D eigenvalue weighted by Gasteiger charge is 2.11. The second-order valence-corrected chi connectivity index (χ2v) is 4.20. The monoisotopic (exact) mass is 204 g/mol. The standard InChI is InChI=1S/C8H16N2O2S/c1-8(2,3)10-6(13-5)9-7(11)12-4/h1-5H3,(H,9,10,11). The molecule has 0 aromatic carbocycles. The van der Waals surface area contributed by atoms with E-state index in [1.54, 1.807) is 0 Å². The Labute approximate surface area is 83.1 Å². The topological polar surface area (TPSA) is 50.7 Å². The van der Waals surface area contributed by atoms with Crippen LogP contribution in [0.3, 0.4) is 0 Å². The van der Waals surface area contributed by atoms with Crippen molar-refractivity contribution in [3.05, 3.63) is 0 Å². The van der Waals surface area contributed by atoms with Crippen LogP contribution in [-0.2, 0) is 4.74 Å². The third kappa shape index (κ3) is 6.45. The zero-order chi connectivity index (χ0) is 10.5. The first-order valence-electron chi connectivity index (χ1n) is 3.88. The van der Waals surface area contributed by atoms with E-state index in [0.29, 0.717) is 5.17 Å². The van der Waals surface area contributed by atoms with Crippen molar-refractivity contribution < 1.29 is 9.53 Å². The van der Waals surface area contributed by atoms with Crippen LogP contribution in [0.5, 0.6) is 0 Å². The first kappa shape index (κ1) is 12.3. The van der Waals surface area contributed by atoms with E-state index in [-0.39, 0.29) is 5.54 Å². The van der Waals surface area contributed by atoms with E-state index in [1.165, 1.54) is 18.9 Å². The van der Waals surface area contributed by atoms with E-state index in [9.17, 15) is 4.79 Å². The maximum atomic E-state index is 10.8. The quantitative estimate of drug-likeness (QED) is 0.484. The fourth-order valence-electron chi connectivity index (χ4n) is 0.568. The number of aliphatic imine (C=N–C) groups is 1. The van der Waals surface area contributed by atoms with E-state index in [1.807, 2.05) is 27.0 Å². The Bertz CT molecular complexity index is 209. The highest BCUT2D eigenvalue weighted by Crippen LogP contribution is 2.09. The lowest BCUT2D eigenvalue weighted by Gasteiger charge is -2.14. The van der Waals surface area contributed by atoms with Crippen molar-refractivity contribution in [2.45, 2.75) is 26.3 Å². The number of thioether (sulfide) groups is 1. The Morgan fingerprint density at radius 1 is 1.46 bits per heavy atom. The van der Waals surface area contributed by atoms with Gasteiger partial charge >= 0.3 is 6.09 Å². The van der Waals surface area contributed by atoms with Gasteiger partial charge in [0.25, 0.3) is 0 Å². The Balaban J connectivity index is 4.35. The number of alkyl carbamates (subject to hydrolysis) is 1. The molecule has 0 radical (unpaired) electrons. The maximum Gasteiger partial charge on any atom is 0.412 e. The number of nitrogens with zero attached hydrogens (tertiary/aromatic N) is 1. The van der Waals surface area contributed by atoms with Crippen LogP contribution in [0.15, 0.2) is 4.99 Å².